The maximum atomic E-state index is 8.78. The van der Waals surface area contributed by atoms with Gasteiger partial charge in [0.25, 0.3) is 0 Å². The van der Waals surface area contributed by atoms with Crippen LogP contribution in [0.5, 0.6) is 0 Å². The van der Waals surface area contributed by atoms with Crippen LogP contribution >= 0.6 is 0 Å². The number of nitrogens with one attached hydrogen (secondary N) is 1. The van der Waals surface area contributed by atoms with Crippen LogP contribution in [0, 0.1) is 11.3 Å². The average molecular weight is 244 g/mol. The number of piperidine rings is 1. The molecule has 1 aromatic rings. The van der Waals surface area contributed by atoms with E-state index in [2.05, 4.69) is 28.2 Å². The highest BCUT2D eigenvalue weighted by molar-refractivity contribution is 5.47. The first-order chi connectivity index (χ1) is 8.85. The molecule has 1 aliphatic heterocycles. The van der Waals surface area contributed by atoms with Gasteiger partial charge in [0, 0.05) is 19.1 Å². The third-order valence-electron chi connectivity index (χ3n) is 3.37. The largest absolute Gasteiger partial charge is 0.366 e. The number of hydrogen-bond acceptors (Lipinski definition) is 4. The molecule has 1 atom stereocenters. The van der Waals surface area contributed by atoms with Crippen molar-refractivity contribution in [2.75, 3.05) is 24.5 Å². The molecule has 0 aromatic carbocycles. The summed E-state index contributed by atoms with van der Waals surface area (Å²) in [5.41, 5.74) is 1.61. The second-order valence-electron chi connectivity index (χ2n) is 4.71. The zero-order chi connectivity index (χ0) is 12.8. The van der Waals surface area contributed by atoms with E-state index < -0.39 is 0 Å². The first-order valence-corrected chi connectivity index (χ1v) is 6.68. The molecule has 2 rings (SSSR count). The standard InChI is InChI=1S/C14H20N4/c1-2-8-18(13-4-3-7-16-10-13)14-6-5-12(9-15)17-11-14/h5-6,11,13,16H,2-4,7-8,10H2,1H3. The molecule has 96 valence electrons. The Hall–Kier alpha value is -1.60. The molecule has 4 heteroatoms. The van der Waals surface area contributed by atoms with E-state index in [-0.39, 0.29) is 0 Å². The number of aromatic nitrogens is 1. The van der Waals surface area contributed by atoms with E-state index in [1.54, 1.807) is 6.07 Å². The summed E-state index contributed by atoms with van der Waals surface area (Å²) in [6.45, 7) is 5.41. The van der Waals surface area contributed by atoms with Crippen molar-refractivity contribution in [3.8, 4) is 6.07 Å². The summed E-state index contributed by atoms with van der Waals surface area (Å²) >= 11 is 0. The van der Waals surface area contributed by atoms with E-state index in [1.165, 1.54) is 12.8 Å². The molecule has 1 aromatic heterocycles. The van der Waals surface area contributed by atoms with Crippen LogP contribution in [0.2, 0.25) is 0 Å². The minimum atomic E-state index is 0.483. The quantitative estimate of drug-likeness (QED) is 0.879. The lowest BCUT2D eigenvalue weighted by Crippen LogP contribution is -2.46. The van der Waals surface area contributed by atoms with Crippen LogP contribution in [0.25, 0.3) is 0 Å². The van der Waals surface area contributed by atoms with Crippen molar-refractivity contribution in [2.24, 2.45) is 0 Å². The molecule has 1 fully saturated rings. The molecule has 0 saturated carbocycles. The zero-order valence-electron chi connectivity index (χ0n) is 10.9. The summed E-state index contributed by atoms with van der Waals surface area (Å²) in [5.74, 6) is 0. The Morgan fingerprint density at radius 1 is 1.56 bits per heavy atom. The normalized spacial score (nSPS) is 19.2. The molecule has 4 nitrogen and oxygen atoms in total. The van der Waals surface area contributed by atoms with E-state index >= 15 is 0 Å². The van der Waals surface area contributed by atoms with Crippen LogP contribution in [0.1, 0.15) is 31.9 Å². The molecule has 1 N–H and O–H groups in total. The van der Waals surface area contributed by atoms with Crippen LogP contribution in [0.3, 0.4) is 0 Å². The molecule has 0 amide bonds. The van der Waals surface area contributed by atoms with Crippen molar-refractivity contribution in [1.29, 1.82) is 5.26 Å². The van der Waals surface area contributed by atoms with Crippen LogP contribution in [-0.2, 0) is 0 Å². The minimum Gasteiger partial charge on any atom is -0.366 e. The summed E-state index contributed by atoms with van der Waals surface area (Å²) in [5, 5.41) is 12.2. The molecule has 2 heterocycles. The molecule has 1 aliphatic rings. The van der Waals surface area contributed by atoms with Gasteiger partial charge in [-0.2, -0.15) is 5.26 Å². The molecule has 1 saturated heterocycles. The lowest BCUT2D eigenvalue weighted by atomic mass is 10.0. The molecule has 0 aliphatic carbocycles. The maximum absolute atomic E-state index is 8.78. The van der Waals surface area contributed by atoms with Crippen LogP contribution < -0.4 is 10.2 Å². The van der Waals surface area contributed by atoms with Crippen molar-refractivity contribution in [3.63, 3.8) is 0 Å². The highest BCUT2D eigenvalue weighted by Gasteiger charge is 2.20. The third kappa shape index (κ3) is 2.99. The molecular formula is C14H20N4. The van der Waals surface area contributed by atoms with Gasteiger partial charge in [-0.15, -0.1) is 0 Å². The lowest BCUT2D eigenvalue weighted by molar-refractivity contribution is 0.430. The predicted octanol–water partition coefficient (Wildman–Crippen LogP) is 1.92. The SMILES string of the molecule is CCCN(c1ccc(C#N)nc1)C1CCCNC1. The van der Waals surface area contributed by atoms with Gasteiger partial charge in [-0.1, -0.05) is 6.92 Å². The van der Waals surface area contributed by atoms with E-state index in [0.717, 1.165) is 31.7 Å². The minimum absolute atomic E-state index is 0.483. The average Bonchev–Trinajstić information content (AvgIpc) is 2.46. The van der Waals surface area contributed by atoms with Gasteiger partial charge < -0.3 is 10.2 Å². The number of anilines is 1. The van der Waals surface area contributed by atoms with Crippen molar-refractivity contribution in [2.45, 2.75) is 32.2 Å². The molecule has 1 unspecified atom stereocenters. The Kier molecular flexibility index (Phi) is 4.54. The van der Waals surface area contributed by atoms with Crippen LogP contribution in [0.4, 0.5) is 5.69 Å². The fraction of sp³-hybridized carbons (Fsp3) is 0.571. The Morgan fingerprint density at radius 2 is 2.44 bits per heavy atom. The third-order valence-corrected chi connectivity index (χ3v) is 3.37. The van der Waals surface area contributed by atoms with Crippen molar-refractivity contribution in [3.05, 3.63) is 24.0 Å². The maximum Gasteiger partial charge on any atom is 0.140 e. The first-order valence-electron chi connectivity index (χ1n) is 6.68. The summed E-state index contributed by atoms with van der Waals surface area (Å²) in [6.07, 6.45) is 5.40. The fourth-order valence-corrected chi connectivity index (χ4v) is 2.48. The monoisotopic (exact) mass is 244 g/mol. The van der Waals surface area contributed by atoms with Gasteiger partial charge in [-0.3, -0.25) is 0 Å². The van der Waals surface area contributed by atoms with E-state index in [4.69, 9.17) is 5.26 Å². The molecular weight excluding hydrogens is 224 g/mol. The van der Waals surface area contributed by atoms with Gasteiger partial charge in [0.2, 0.25) is 0 Å². The van der Waals surface area contributed by atoms with Gasteiger partial charge in [-0.05, 0) is 37.9 Å². The highest BCUT2D eigenvalue weighted by atomic mass is 15.2. The van der Waals surface area contributed by atoms with Crippen LogP contribution in [0.15, 0.2) is 18.3 Å². The Balaban J connectivity index is 2.14. The zero-order valence-corrected chi connectivity index (χ0v) is 10.9. The topological polar surface area (TPSA) is 52.0 Å². The summed E-state index contributed by atoms with van der Waals surface area (Å²) in [6, 6.07) is 6.42. The predicted molar refractivity (Wildman–Crippen MR) is 72.5 cm³/mol. The number of nitrogens with zero attached hydrogens (tertiary/aromatic N) is 3. The summed E-state index contributed by atoms with van der Waals surface area (Å²) in [7, 11) is 0. The smallest absolute Gasteiger partial charge is 0.140 e. The second kappa shape index (κ2) is 6.36. The van der Waals surface area contributed by atoms with Gasteiger partial charge in [0.1, 0.15) is 11.8 Å². The number of nitriles is 1. The molecule has 0 bridgehead atoms. The Bertz CT molecular complexity index is 401. The van der Waals surface area contributed by atoms with E-state index in [0.29, 0.717) is 11.7 Å². The molecule has 0 spiro atoms. The highest BCUT2D eigenvalue weighted by Crippen LogP contribution is 2.20. The second-order valence-corrected chi connectivity index (χ2v) is 4.71. The lowest BCUT2D eigenvalue weighted by Gasteiger charge is -2.36. The number of pyridine rings is 1. The van der Waals surface area contributed by atoms with E-state index in [9.17, 15) is 0 Å². The van der Waals surface area contributed by atoms with Gasteiger partial charge in [0.15, 0.2) is 0 Å². The van der Waals surface area contributed by atoms with Gasteiger partial charge in [-0.25, -0.2) is 4.98 Å². The van der Waals surface area contributed by atoms with Crippen molar-refractivity contribution < 1.29 is 0 Å². The fourth-order valence-electron chi connectivity index (χ4n) is 2.48. The van der Waals surface area contributed by atoms with Gasteiger partial charge in [0.05, 0.1) is 11.9 Å². The summed E-state index contributed by atoms with van der Waals surface area (Å²) in [4.78, 5) is 6.59. The van der Waals surface area contributed by atoms with Crippen molar-refractivity contribution >= 4 is 5.69 Å². The van der Waals surface area contributed by atoms with E-state index in [1.807, 2.05) is 12.3 Å². The Labute approximate surface area is 109 Å². The first kappa shape index (κ1) is 12.8. The number of hydrogen-bond donors (Lipinski definition) is 1. The van der Waals surface area contributed by atoms with Crippen LogP contribution in [-0.4, -0.2) is 30.7 Å². The molecule has 18 heavy (non-hydrogen) atoms. The Morgan fingerprint density at radius 3 is 3.00 bits per heavy atom. The summed E-state index contributed by atoms with van der Waals surface area (Å²) < 4.78 is 0. The van der Waals surface area contributed by atoms with Crippen molar-refractivity contribution in [1.82, 2.24) is 10.3 Å². The van der Waals surface area contributed by atoms with Gasteiger partial charge >= 0.3 is 0 Å². The molecule has 0 radical (unpaired) electrons. The number of rotatable bonds is 4.